The first-order valence-corrected chi connectivity index (χ1v) is 12.0. The molecule has 3 heteroatoms. The summed E-state index contributed by atoms with van der Waals surface area (Å²) in [6.45, 7) is 3.10. The molecular formula is C28H30N2S. The van der Waals surface area contributed by atoms with Gasteiger partial charge in [0, 0.05) is 11.4 Å². The van der Waals surface area contributed by atoms with Crippen LogP contribution in [0.2, 0.25) is 0 Å². The number of hydrogen-bond acceptors (Lipinski definition) is 2. The zero-order valence-corrected chi connectivity index (χ0v) is 19.0. The van der Waals surface area contributed by atoms with Crippen molar-refractivity contribution >= 4 is 22.6 Å². The van der Waals surface area contributed by atoms with Crippen LogP contribution in [0.5, 0.6) is 0 Å². The lowest BCUT2D eigenvalue weighted by molar-refractivity contribution is 0.369. The Hall–Kier alpha value is -2.78. The van der Waals surface area contributed by atoms with Crippen molar-refractivity contribution in [3.63, 3.8) is 0 Å². The average molecular weight is 427 g/mol. The van der Waals surface area contributed by atoms with Gasteiger partial charge in [-0.1, -0.05) is 116 Å². The summed E-state index contributed by atoms with van der Waals surface area (Å²) in [5, 5.41) is 1.07. The first-order valence-electron chi connectivity index (χ1n) is 11.2. The summed E-state index contributed by atoms with van der Waals surface area (Å²) in [6, 6.07) is 32.1. The minimum Gasteiger partial charge on any atom is -0.335 e. The molecule has 3 aromatic rings. The highest BCUT2D eigenvalue weighted by Crippen LogP contribution is 2.46. The van der Waals surface area contributed by atoms with Crippen molar-refractivity contribution in [2.24, 2.45) is 4.99 Å². The van der Waals surface area contributed by atoms with Crippen LogP contribution in [0.25, 0.3) is 0 Å². The van der Waals surface area contributed by atoms with Gasteiger partial charge in [0.25, 0.3) is 0 Å². The van der Waals surface area contributed by atoms with E-state index in [0.29, 0.717) is 0 Å². The van der Waals surface area contributed by atoms with Crippen LogP contribution in [0.15, 0.2) is 107 Å². The number of amidine groups is 1. The summed E-state index contributed by atoms with van der Waals surface area (Å²) in [6.07, 6.45) is 7.34. The minimum atomic E-state index is 0.204. The number of para-hydroxylation sites is 1. The molecule has 0 N–H and O–H groups in total. The lowest BCUT2D eigenvalue weighted by atomic mass is 10.0. The Balaban J connectivity index is 1.73. The predicted molar refractivity (Wildman–Crippen MR) is 135 cm³/mol. The molecule has 0 aliphatic carbocycles. The summed E-state index contributed by atoms with van der Waals surface area (Å²) in [5.74, 6) is 0. The average Bonchev–Trinajstić information content (AvgIpc) is 3.15. The molecule has 3 aromatic carbocycles. The third-order valence-electron chi connectivity index (χ3n) is 5.48. The van der Waals surface area contributed by atoms with E-state index in [2.05, 4.69) is 103 Å². The van der Waals surface area contributed by atoms with E-state index in [0.717, 1.165) is 23.8 Å². The zero-order valence-electron chi connectivity index (χ0n) is 18.2. The van der Waals surface area contributed by atoms with Crippen LogP contribution >= 0.6 is 11.8 Å². The fraction of sp³-hybridized carbons (Fsp3) is 0.250. The van der Waals surface area contributed by atoms with E-state index in [1.54, 1.807) is 0 Å². The van der Waals surface area contributed by atoms with Crippen molar-refractivity contribution in [2.75, 3.05) is 0 Å². The van der Waals surface area contributed by atoms with Crippen LogP contribution in [-0.2, 0) is 6.54 Å². The van der Waals surface area contributed by atoms with Gasteiger partial charge in [0.2, 0.25) is 0 Å². The molecule has 1 heterocycles. The van der Waals surface area contributed by atoms with E-state index in [-0.39, 0.29) is 6.04 Å². The van der Waals surface area contributed by atoms with Gasteiger partial charge in [0.1, 0.15) is 0 Å². The number of unbranched alkanes of at least 4 members (excludes halogenated alkanes) is 3. The molecule has 0 aromatic heterocycles. The van der Waals surface area contributed by atoms with Crippen molar-refractivity contribution in [2.45, 2.75) is 45.2 Å². The third-order valence-corrected chi connectivity index (χ3v) is 6.62. The number of thioether (sulfide) groups is 1. The van der Waals surface area contributed by atoms with Gasteiger partial charge in [-0.25, -0.2) is 4.99 Å². The fourth-order valence-corrected chi connectivity index (χ4v) is 5.12. The molecule has 1 aliphatic heterocycles. The molecular weight excluding hydrogens is 396 g/mol. The van der Waals surface area contributed by atoms with Crippen molar-refractivity contribution in [3.05, 3.63) is 113 Å². The lowest BCUT2D eigenvalue weighted by Gasteiger charge is -2.27. The number of benzene rings is 3. The van der Waals surface area contributed by atoms with Crippen LogP contribution in [0, 0.1) is 0 Å². The summed E-state index contributed by atoms with van der Waals surface area (Å²) < 4.78 is 0. The second kappa shape index (κ2) is 11.0. The van der Waals surface area contributed by atoms with Crippen molar-refractivity contribution in [1.82, 2.24) is 4.90 Å². The van der Waals surface area contributed by atoms with Crippen LogP contribution in [-0.4, -0.2) is 10.1 Å². The van der Waals surface area contributed by atoms with Crippen LogP contribution in [0.1, 0.15) is 49.8 Å². The number of aliphatic imine (C=N–C) groups is 1. The largest absolute Gasteiger partial charge is 0.335 e. The topological polar surface area (TPSA) is 15.6 Å². The SMILES string of the molecule is CCCCC/C=C1\SC(=Nc2ccccc2)N(Cc2ccccc2)C1c1ccccc1. The Morgan fingerprint density at radius 3 is 2.16 bits per heavy atom. The van der Waals surface area contributed by atoms with E-state index in [4.69, 9.17) is 4.99 Å². The highest BCUT2D eigenvalue weighted by molar-refractivity contribution is 8.17. The molecule has 2 nitrogen and oxygen atoms in total. The molecule has 0 bridgehead atoms. The molecule has 0 saturated carbocycles. The number of hydrogen-bond donors (Lipinski definition) is 0. The molecule has 1 aliphatic rings. The number of allylic oxidation sites excluding steroid dienone is 1. The first kappa shape index (κ1) is 21.5. The molecule has 4 rings (SSSR count). The third kappa shape index (κ3) is 5.68. The molecule has 31 heavy (non-hydrogen) atoms. The molecule has 0 spiro atoms. The molecule has 0 amide bonds. The zero-order chi connectivity index (χ0) is 21.3. The van der Waals surface area contributed by atoms with E-state index >= 15 is 0 Å². The van der Waals surface area contributed by atoms with E-state index in [1.807, 2.05) is 17.8 Å². The van der Waals surface area contributed by atoms with E-state index < -0.39 is 0 Å². The maximum atomic E-state index is 5.07. The fourth-order valence-electron chi connectivity index (χ4n) is 3.89. The minimum absolute atomic E-state index is 0.204. The Bertz CT molecular complexity index is 997. The monoisotopic (exact) mass is 426 g/mol. The Kier molecular flexibility index (Phi) is 7.62. The van der Waals surface area contributed by atoms with Gasteiger partial charge in [-0.3, -0.25) is 0 Å². The van der Waals surface area contributed by atoms with Gasteiger partial charge >= 0.3 is 0 Å². The van der Waals surface area contributed by atoms with Crippen LogP contribution < -0.4 is 0 Å². The maximum absolute atomic E-state index is 5.07. The Morgan fingerprint density at radius 2 is 1.48 bits per heavy atom. The normalized spacial score (nSPS) is 18.7. The van der Waals surface area contributed by atoms with Crippen LogP contribution in [0.4, 0.5) is 5.69 Å². The summed E-state index contributed by atoms with van der Waals surface area (Å²) in [7, 11) is 0. The first-order chi connectivity index (χ1) is 15.3. The van der Waals surface area contributed by atoms with Crippen LogP contribution in [0.3, 0.4) is 0 Å². The van der Waals surface area contributed by atoms with Gasteiger partial charge in [0.05, 0.1) is 11.7 Å². The summed E-state index contributed by atoms with van der Waals surface area (Å²) in [4.78, 5) is 8.93. The molecule has 1 atom stereocenters. The number of rotatable bonds is 8. The molecule has 158 valence electrons. The van der Waals surface area contributed by atoms with Gasteiger partial charge < -0.3 is 4.90 Å². The van der Waals surface area contributed by atoms with Gasteiger partial charge in [0.15, 0.2) is 5.17 Å². The van der Waals surface area contributed by atoms with E-state index in [1.165, 1.54) is 35.3 Å². The maximum Gasteiger partial charge on any atom is 0.170 e. The molecule has 1 saturated heterocycles. The summed E-state index contributed by atoms with van der Waals surface area (Å²) >= 11 is 1.83. The highest BCUT2D eigenvalue weighted by Gasteiger charge is 2.35. The number of nitrogens with zero attached hydrogens (tertiary/aromatic N) is 2. The second-order valence-corrected chi connectivity index (χ2v) is 8.90. The Labute approximate surface area is 190 Å². The molecule has 1 unspecified atom stereocenters. The van der Waals surface area contributed by atoms with Gasteiger partial charge in [-0.05, 0) is 36.1 Å². The molecule has 1 fully saturated rings. The smallest absolute Gasteiger partial charge is 0.170 e. The van der Waals surface area contributed by atoms with Crippen molar-refractivity contribution in [3.8, 4) is 0 Å². The summed E-state index contributed by atoms with van der Waals surface area (Å²) in [5.41, 5.74) is 3.63. The van der Waals surface area contributed by atoms with E-state index in [9.17, 15) is 0 Å². The standard InChI is InChI=1S/C28H30N2S/c1-2-3-4-14-21-26-27(24-17-10-6-11-18-24)30(22-23-15-8-5-9-16-23)28(31-26)29-25-19-12-7-13-20-25/h5-13,15-21,27H,2-4,14,22H2,1H3/b26-21-,29-28?. The second-order valence-electron chi connectivity index (χ2n) is 7.86. The predicted octanol–water partition coefficient (Wildman–Crippen LogP) is 8.13. The highest BCUT2D eigenvalue weighted by atomic mass is 32.2. The van der Waals surface area contributed by atoms with Crippen molar-refractivity contribution < 1.29 is 0 Å². The van der Waals surface area contributed by atoms with Crippen molar-refractivity contribution in [1.29, 1.82) is 0 Å². The quantitative estimate of drug-likeness (QED) is 0.338. The van der Waals surface area contributed by atoms with Gasteiger partial charge in [-0.15, -0.1) is 0 Å². The lowest BCUT2D eigenvalue weighted by Crippen LogP contribution is -2.27. The van der Waals surface area contributed by atoms with Gasteiger partial charge in [-0.2, -0.15) is 0 Å². The Morgan fingerprint density at radius 1 is 0.839 bits per heavy atom. The molecule has 0 radical (unpaired) electrons.